The average molecular weight is 292 g/mol. The molecule has 1 atom stereocenters. The molecule has 0 radical (unpaired) electrons. The molecule has 1 aromatic rings. The van der Waals surface area contributed by atoms with Gasteiger partial charge in [0.05, 0.1) is 11.3 Å². The Hall–Kier alpha value is -2.18. The standard InChI is InChI=1S/C14H20N4O3/c1-9-10(8-15-14(16-9)17(2)3)12(19)18-7-5-4-6-11(18)13(20)21/h8,11H,4-7H2,1-3H3,(H,20,21)/t11-/m0/s1. The molecule has 0 unspecified atom stereocenters. The van der Waals surface area contributed by atoms with Gasteiger partial charge in [0.2, 0.25) is 5.95 Å². The van der Waals surface area contributed by atoms with E-state index in [0.717, 1.165) is 12.8 Å². The van der Waals surface area contributed by atoms with Crippen LogP contribution in [-0.2, 0) is 4.79 Å². The fourth-order valence-electron chi connectivity index (χ4n) is 2.47. The van der Waals surface area contributed by atoms with E-state index in [-0.39, 0.29) is 5.91 Å². The zero-order valence-electron chi connectivity index (χ0n) is 12.5. The molecule has 1 saturated heterocycles. The summed E-state index contributed by atoms with van der Waals surface area (Å²) in [6.45, 7) is 2.20. The zero-order chi connectivity index (χ0) is 15.6. The van der Waals surface area contributed by atoms with Gasteiger partial charge < -0.3 is 14.9 Å². The third-order valence-electron chi connectivity index (χ3n) is 3.65. The third kappa shape index (κ3) is 3.12. The molecule has 0 saturated carbocycles. The molecular weight excluding hydrogens is 272 g/mol. The second kappa shape index (κ2) is 6.07. The molecule has 1 aliphatic heterocycles. The SMILES string of the molecule is Cc1nc(N(C)C)ncc1C(=O)N1CCCC[C@H]1C(=O)O. The Balaban J connectivity index is 2.28. The van der Waals surface area contributed by atoms with Gasteiger partial charge >= 0.3 is 5.97 Å². The van der Waals surface area contributed by atoms with Crippen LogP contribution in [0.3, 0.4) is 0 Å². The minimum absolute atomic E-state index is 0.301. The summed E-state index contributed by atoms with van der Waals surface area (Å²) < 4.78 is 0. The van der Waals surface area contributed by atoms with Crippen molar-refractivity contribution in [3.63, 3.8) is 0 Å². The van der Waals surface area contributed by atoms with Crippen LogP contribution in [0, 0.1) is 6.92 Å². The summed E-state index contributed by atoms with van der Waals surface area (Å²) in [6.07, 6.45) is 3.63. The molecule has 1 N–H and O–H groups in total. The first-order valence-corrected chi connectivity index (χ1v) is 6.96. The summed E-state index contributed by atoms with van der Waals surface area (Å²) in [7, 11) is 3.64. The Kier molecular flexibility index (Phi) is 4.40. The molecule has 7 heteroatoms. The summed E-state index contributed by atoms with van der Waals surface area (Å²) >= 11 is 0. The van der Waals surface area contributed by atoms with E-state index in [9.17, 15) is 14.7 Å². The Morgan fingerprint density at radius 2 is 2.10 bits per heavy atom. The number of aromatic nitrogens is 2. The fraction of sp³-hybridized carbons (Fsp3) is 0.571. The van der Waals surface area contributed by atoms with Crippen molar-refractivity contribution in [2.45, 2.75) is 32.2 Å². The van der Waals surface area contributed by atoms with Crippen LogP contribution in [-0.4, -0.2) is 58.5 Å². The van der Waals surface area contributed by atoms with E-state index < -0.39 is 12.0 Å². The number of amides is 1. The van der Waals surface area contributed by atoms with Crippen LogP contribution in [0.15, 0.2) is 6.20 Å². The first-order chi connectivity index (χ1) is 9.91. The van der Waals surface area contributed by atoms with E-state index in [4.69, 9.17) is 0 Å². The number of hydrogen-bond acceptors (Lipinski definition) is 5. The van der Waals surface area contributed by atoms with E-state index in [2.05, 4.69) is 9.97 Å². The van der Waals surface area contributed by atoms with Gasteiger partial charge in [0.25, 0.3) is 5.91 Å². The number of aliphatic carboxylic acids is 1. The number of anilines is 1. The van der Waals surface area contributed by atoms with Crippen molar-refractivity contribution in [3.8, 4) is 0 Å². The van der Waals surface area contributed by atoms with Crippen LogP contribution in [0.4, 0.5) is 5.95 Å². The normalized spacial score (nSPS) is 18.4. The average Bonchev–Trinajstić information content (AvgIpc) is 2.46. The number of hydrogen-bond donors (Lipinski definition) is 1. The van der Waals surface area contributed by atoms with Crippen molar-refractivity contribution in [2.24, 2.45) is 0 Å². The lowest BCUT2D eigenvalue weighted by molar-refractivity contribution is -0.143. The van der Waals surface area contributed by atoms with Gasteiger partial charge in [-0.25, -0.2) is 14.8 Å². The van der Waals surface area contributed by atoms with Gasteiger partial charge in [-0.15, -0.1) is 0 Å². The number of carboxylic acid groups (broad SMARTS) is 1. The molecule has 0 bridgehead atoms. The van der Waals surface area contributed by atoms with E-state index >= 15 is 0 Å². The first-order valence-electron chi connectivity index (χ1n) is 6.96. The Labute approximate surface area is 123 Å². The van der Waals surface area contributed by atoms with Gasteiger partial charge in [0, 0.05) is 26.8 Å². The Bertz CT molecular complexity index is 559. The predicted molar refractivity (Wildman–Crippen MR) is 77.4 cm³/mol. The lowest BCUT2D eigenvalue weighted by atomic mass is 10.0. The number of likely N-dealkylation sites (tertiary alicyclic amines) is 1. The Morgan fingerprint density at radius 1 is 1.38 bits per heavy atom. The molecule has 0 aromatic carbocycles. The maximum absolute atomic E-state index is 12.6. The molecule has 1 fully saturated rings. The fourth-order valence-corrected chi connectivity index (χ4v) is 2.47. The lowest BCUT2D eigenvalue weighted by Crippen LogP contribution is -2.48. The number of carbonyl (C=O) groups excluding carboxylic acids is 1. The number of carbonyl (C=O) groups is 2. The van der Waals surface area contributed by atoms with Gasteiger partial charge in [0.1, 0.15) is 6.04 Å². The highest BCUT2D eigenvalue weighted by Gasteiger charge is 2.33. The zero-order valence-corrected chi connectivity index (χ0v) is 12.5. The van der Waals surface area contributed by atoms with Gasteiger partial charge in [0.15, 0.2) is 0 Å². The molecule has 7 nitrogen and oxygen atoms in total. The largest absolute Gasteiger partial charge is 0.480 e. The molecule has 1 amide bonds. The highest BCUT2D eigenvalue weighted by molar-refractivity contribution is 5.97. The minimum atomic E-state index is -0.952. The van der Waals surface area contributed by atoms with Crippen LogP contribution in [0.25, 0.3) is 0 Å². The summed E-state index contributed by atoms with van der Waals surface area (Å²) in [5.74, 6) is -0.728. The van der Waals surface area contributed by atoms with Crippen LogP contribution in [0.5, 0.6) is 0 Å². The molecule has 21 heavy (non-hydrogen) atoms. The molecule has 0 spiro atoms. The predicted octanol–water partition coefficient (Wildman–Crippen LogP) is 0.930. The van der Waals surface area contributed by atoms with Crippen LogP contribution < -0.4 is 4.90 Å². The molecular formula is C14H20N4O3. The number of nitrogens with zero attached hydrogens (tertiary/aromatic N) is 4. The second-order valence-corrected chi connectivity index (χ2v) is 5.41. The topological polar surface area (TPSA) is 86.6 Å². The molecule has 1 aliphatic rings. The Morgan fingerprint density at radius 3 is 2.67 bits per heavy atom. The van der Waals surface area contributed by atoms with Crippen molar-refractivity contribution >= 4 is 17.8 Å². The lowest BCUT2D eigenvalue weighted by Gasteiger charge is -2.33. The minimum Gasteiger partial charge on any atom is -0.480 e. The quantitative estimate of drug-likeness (QED) is 0.892. The second-order valence-electron chi connectivity index (χ2n) is 5.41. The van der Waals surface area contributed by atoms with E-state index in [1.807, 2.05) is 14.1 Å². The number of rotatable bonds is 3. The van der Waals surface area contributed by atoms with Gasteiger partial charge in [-0.1, -0.05) is 0 Å². The summed E-state index contributed by atoms with van der Waals surface area (Å²) in [5.41, 5.74) is 0.933. The highest BCUT2D eigenvalue weighted by atomic mass is 16.4. The summed E-state index contributed by atoms with van der Waals surface area (Å²) in [5, 5.41) is 9.26. The van der Waals surface area contributed by atoms with Crippen LogP contribution in [0.2, 0.25) is 0 Å². The summed E-state index contributed by atoms with van der Waals surface area (Å²) in [6, 6.07) is -0.751. The van der Waals surface area contributed by atoms with Gasteiger partial charge in [-0.05, 0) is 26.2 Å². The van der Waals surface area contributed by atoms with Crippen LogP contribution >= 0.6 is 0 Å². The molecule has 2 heterocycles. The van der Waals surface area contributed by atoms with Crippen molar-refractivity contribution in [3.05, 3.63) is 17.5 Å². The van der Waals surface area contributed by atoms with Crippen LogP contribution in [0.1, 0.15) is 35.3 Å². The van der Waals surface area contributed by atoms with Crippen molar-refractivity contribution < 1.29 is 14.7 Å². The molecule has 2 rings (SSSR count). The monoisotopic (exact) mass is 292 g/mol. The highest BCUT2D eigenvalue weighted by Crippen LogP contribution is 2.21. The van der Waals surface area contributed by atoms with E-state index in [0.29, 0.717) is 30.2 Å². The number of carboxylic acids is 1. The molecule has 0 aliphatic carbocycles. The molecule has 1 aromatic heterocycles. The number of piperidine rings is 1. The van der Waals surface area contributed by atoms with E-state index in [1.165, 1.54) is 11.1 Å². The molecule has 114 valence electrons. The smallest absolute Gasteiger partial charge is 0.326 e. The van der Waals surface area contributed by atoms with E-state index in [1.54, 1.807) is 11.8 Å². The van der Waals surface area contributed by atoms with Crippen molar-refractivity contribution in [1.82, 2.24) is 14.9 Å². The number of aryl methyl sites for hydroxylation is 1. The van der Waals surface area contributed by atoms with Crippen molar-refractivity contribution in [1.29, 1.82) is 0 Å². The maximum Gasteiger partial charge on any atom is 0.326 e. The van der Waals surface area contributed by atoms with Crippen molar-refractivity contribution in [2.75, 3.05) is 25.5 Å². The summed E-state index contributed by atoms with van der Waals surface area (Å²) in [4.78, 5) is 35.5. The third-order valence-corrected chi connectivity index (χ3v) is 3.65. The van der Waals surface area contributed by atoms with Gasteiger partial charge in [-0.3, -0.25) is 4.79 Å². The first kappa shape index (κ1) is 15.2. The van der Waals surface area contributed by atoms with Gasteiger partial charge in [-0.2, -0.15) is 0 Å². The maximum atomic E-state index is 12.6.